The number of anilines is 1. The molecule has 1 saturated carbocycles. The fourth-order valence-electron chi connectivity index (χ4n) is 4.23. The summed E-state index contributed by atoms with van der Waals surface area (Å²) in [6, 6.07) is 10.8. The van der Waals surface area contributed by atoms with Gasteiger partial charge in [-0.25, -0.2) is 8.42 Å². The highest BCUT2D eigenvalue weighted by molar-refractivity contribution is 9.10. The van der Waals surface area contributed by atoms with Gasteiger partial charge in [-0.1, -0.05) is 64.5 Å². The number of carbonyl (C=O) groups is 2. The lowest BCUT2D eigenvalue weighted by molar-refractivity contribution is -0.139. The molecule has 0 radical (unpaired) electrons. The van der Waals surface area contributed by atoms with Gasteiger partial charge >= 0.3 is 0 Å². The number of hydrogen-bond donors (Lipinski definition) is 1. The number of nitrogens with zero attached hydrogens (tertiary/aromatic N) is 2. The molecule has 1 N–H and O–H groups in total. The Morgan fingerprint density at radius 3 is 2.19 bits per heavy atom. The Morgan fingerprint density at radius 2 is 1.64 bits per heavy atom. The molecule has 1 atom stereocenters. The second kappa shape index (κ2) is 12.6. The first-order valence-electron chi connectivity index (χ1n) is 11.7. The number of hydrogen-bond acceptors (Lipinski definition) is 4. The van der Waals surface area contributed by atoms with E-state index in [0.29, 0.717) is 21.3 Å². The SMILES string of the molecule is C[C@H](C(=O)NC1CCCCC1)N(Cc1c(Cl)cccc1Cl)C(=O)CN(c1ccc(Br)cc1)S(C)(=O)=O. The van der Waals surface area contributed by atoms with E-state index < -0.39 is 28.5 Å². The third-order valence-corrected chi connectivity index (χ3v) is 8.68. The molecule has 1 aliphatic carbocycles. The van der Waals surface area contributed by atoms with E-state index in [0.717, 1.165) is 47.1 Å². The molecule has 7 nitrogen and oxygen atoms in total. The van der Waals surface area contributed by atoms with Gasteiger partial charge in [0.05, 0.1) is 11.9 Å². The molecule has 0 bridgehead atoms. The van der Waals surface area contributed by atoms with Crippen LogP contribution in [0.4, 0.5) is 5.69 Å². The molecular formula is C25H30BrCl2N3O4S. The van der Waals surface area contributed by atoms with Crippen molar-refractivity contribution in [2.24, 2.45) is 0 Å². The fourth-order valence-corrected chi connectivity index (χ4v) is 5.86. The smallest absolute Gasteiger partial charge is 0.244 e. The molecule has 1 aliphatic rings. The van der Waals surface area contributed by atoms with Crippen LogP contribution in [0.15, 0.2) is 46.9 Å². The predicted molar refractivity (Wildman–Crippen MR) is 148 cm³/mol. The number of rotatable bonds is 9. The van der Waals surface area contributed by atoms with Crippen molar-refractivity contribution in [3.63, 3.8) is 0 Å². The molecule has 196 valence electrons. The number of amides is 2. The molecular weight excluding hydrogens is 589 g/mol. The molecule has 2 aromatic rings. The maximum atomic E-state index is 13.7. The van der Waals surface area contributed by atoms with Gasteiger partial charge < -0.3 is 10.2 Å². The van der Waals surface area contributed by atoms with E-state index in [2.05, 4.69) is 21.2 Å². The Bertz CT molecular complexity index is 1170. The summed E-state index contributed by atoms with van der Waals surface area (Å²) >= 11 is 16.1. The van der Waals surface area contributed by atoms with Crippen LogP contribution in [0, 0.1) is 0 Å². The number of sulfonamides is 1. The van der Waals surface area contributed by atoms with Crippen LogP contribution >= 0.6 is 39.1 Å². The van der Waals surface area contributed by atoms with Gasteiger partial charge in [0.15, 0.2) is 0 Å². The zero-order valence-corrected chi connectivity index (χ0v) is 24.1. The van der Waals surface area contributed by atoms with Crippen LogP contribution in [-0.4, -0.2) is 50.0 Å². The molecule has 2 amide bonds. The van der Waals surface area contributed by atoms with Gasteiger partial charge in [-0.2, -0.15) is 0 Å². The van der Waals surface area contributed by atoms with Crippen molar-refractivity contribution in [2.75, 3.05) is 17.1 Å². The van der Waals surface area contributed by atoms with Crippen LogP contribution in [0.5, 0.6) is 0 Å². The van der Waals surface area contributed by atoms with Gasteiger partial charge in [0, 0.05) is 32.7 Å². The zero-order valence-electron chi connectivity index (χ0n) is 20.2. The Labute approximate surface area is 231 Å². The average molecular weight is 619 g/mol. The standard InChI is InChI=1S/C25H30BrCl2N3O4S/c1-17(25(33)29-19-7-4-3-5-8-19)30(15-21-22(27)9-6-10-23(21)28)24(32)16-31(36(2,34)35)20-13-11-18(26)12-14-20/h6,9-14,17,19H,3-5,7-8,15-16H2,1-2H3,(H,29,33)/t17-/m1/s1. The molecule has 36 heavy (non-hydrogen) atoms. The lowest BCUT2D eigenvalue weighted by atomic mass is 9.95. The quantitative estimate of drug-likeness (QED) is 0.408. The van der Waals surface area contributed by atoms with E-state index in [1.165, 1.54) is 4.90 Å². The summed E-state index contributed by atoms with van der Waals surface area (Å²) in [6.45, 7) is 1.10. The minimum atomic E-state index is -3.80. The van der Waals surface area contributed by atoms with Crippen molar-refractivity contribution in [1.82, 2.24) is 10.2 Å². The van der Waals surface area contributed by atoms with Crippen LogP contribution in [-0.2, 0) is 26.2 Å². The van der Waals surface area contributed by atoms with Gasteiger partial charge in [0.2, 0.25) is 21.8 Å². The highest BCUT2D eigenvalue weighted by atomic mass is 79.9. The highest BCUT2D eigenvalue weighted by Gasteiger charge is 2.32. The lowest BCUT2D eigenvalue weighted by Gasteiger charge is -2.33. The van der Waals surface area contributed by atoms with Gasteiger partial charge in [-0.05, 0) is 56.2 Å². The van der Waals surface area contributed by atoms with Crippen LogP contribution in [0.1, 0.15) is 44.6 Å². The van der Waals surface area contributed by atoms with E-state index >= 15 is 0 Å². The van der Waals surface area contributed by atoms with Crippen LogP contribution < -0.4 is 9.62 Å². The molecule has 0 unspecified atom stereocenters. The average Bonchev–Trinajstić information content (AvgIpc) is 2.82. The maximum absolute atomic E-state index is 13.7. The first-order chi connectivity index (χ1) is 17.0. The van der Waals surface area contributed by atoms with Crippen molar-refractivity contribution >= 4 is 66.7 Å². The van der Waals surface area contributed by atoms with Crippen LogP contribution in [0.3, 0.4) is 0 Å². The van der Waals surface area contributed by atoms with Crippen molar-refractivity contribution in [2.45, 2.75) is 57.7 Å². The fraction of sp³-hybridized carbons (Fsp3) is 0.440. The summed E-state index contributed by atoms with van der Waals surface area (Å²) in [5.74, 6) is -0.849. The largest absolute Gasteiger partial charge is 0.352 e. The summed E-state index contributed by atoms with van der Waals surface area (Å²) in [5, 5.41) is 3.76. The number of halogens is 3. The van der Waals surface area contributed by atoms with E-state index in [1.807, 2.05) is 0 Å². The van der Waals surface area contributed by atoms with E-state index in [9.17, 15) is 18.0 Å². The molecule has 0 heterocycles. The zero-order chi connectivity index (χ0) is 26.5. The van der Waals surface area contributed by atoms with Crippen molar-refractivity contribution in [3.8, 4) is 0 Å². The Morgan fingerprint density at radius 1 is 1.06 bits per heavy atom. The Balaban J connectivity index is 1.91. The van der Waals surface area contributed by atoms with Gasteiger partial charge in [0.25, 0.3) is 0 Å². The first kappa shape index (κ1) is 28.8. The molecule has 0 aliphatic heterocycles. The number of benzene rings is 2. The Hall–Kier alpha value is -1.81. The number of nitrogens with one attached hydrogen (secondary N) is 1. The van der Waals surface area contributed by atoms with Crippen molar-refractivity contribution in [1.29, 1.82) is 0 Å². The van der Waals surface area contributed by atoms with Crippen molar-refractivity contribution < 1.29 is 18.0 Å². The maximum Gasteiger partial charge on any atom is 0.244 e. The van der Waals surface area contributed by atoms with Crippen LogP contribution in [0.25, 0.3) is 0 Å². The van der Waals surface area contributed by atoms with Crippen molar-refractivity contribution in [3.05, 3.63) is 62.5 Å². The normalized spacial score (nSPS) is 15.2. The minimum Gasteiger partial charge on any atom is -0.352 e. The monoisotopic (exact) mass is 617 g/mol. The third kappa shape index (κ3) is 7.60. The molecule has 11 heteroatoms. The predicted octanol–water partition coefficient (Wildman–Crippen LogP) is 5.39. The third-order valence-electron chi connectivity index (χ3n) is 6.30. The summed E-state index contributed by atoms with van der Waals surface area (Å²) < 4.78 is 27.1. The summed E-state index contributed by atoms with van der Waals surface area (Å²) in [5.41, 5.74) is 0.824. The lowest BCUT2D eigenvalue weighted by Crippen LogP contribution is -2.53. The van der Waals surface area contributed by atoms with Gasteiger partial charge in [0.1, 0.15) is 12.6 Å². The van der Waals surface area contributed by atoms with Gasteiger partial charge in [-0.3, -0.25) is 13.9 Å². The molecule has 3 rings (SSSR count). The minimum absolute atomic E-state index is 0.0471. The Kier molecular flexibility index (Phi) is 10.1. The van der Waals surface area contributed by atoms with Gasteiger partial charge in [-0.15, -0.1) is 0 Å². The van der Waals surface area contributed by atoms with E-state index in [-0.39, 0.29) is 18.5 Å². The molecule has 2 aromatic carbocycles. The van der Waals surface area contributed by atoms with E-state index in [4.69, 9.17) is 23.2 Å². The second-order valence-electron chi connectivity index (χ2n) is 8.99. The highest BCUT2D eigenvalue weighted by Crippen LogP contribution is 2.28. The summed E-state index contributed by atoms with van der Waals surface area (Å²) in [7, 11) is -3.80. The second-order valence-corrected chi connectivity index (χ2v) is 12.6. The topological polar surface area (TPSA) is 86.8 Å². The van der Waals surface area contributed by atoms with E-state index in [1.54, 1.807) is 49.4 Å². The molecule has 1 fully saturated rings. The summed E-state index contributed by atoms with van der Waals surface area (Å²) in [6.07, 6.45) is 6.08. The molecule has 0 spiro atoms. The number of carbonyl (C=O) groups excluding carboxylic acids is 2. The molecule has 0 aromatic heterocycles. The molecule has 0 saturated heterocycles. The first-order valence-corrected chi connectivity index (χ1v) is 15.1. The summed E-state index contributed by atoms with van der Waals surface area (Å²) in [4.78, 5) is 28.2. The van der Waals surface area contributed by atoms with Crippen LogP contribution in [0.2, 0.25) is 10.0 Å².